The molecule has 0 spiro atoms. The molecule has 1 aromatic rings. The number of nitrogens with zero attached hydrogens (tertiary/aromatic N) is 3. The van der Waals surface area contributed by atoms with E-state index in [1.54, 1.807) is 0 Å². The van der Waals surface area contributed by atoms with Crippen molar-refractivity contribution >= 4 is 0 Å². The van der Waals surface area contributed by atoms with Crippen molar-refractivity contribution in [2.45, 2.75) is 58.7 Å². The lowest BCUT2D eigenvalue weighted by atomic mass is 10.00. The molecule has 0 aliphatic carbocycles. The number of hydrogen-bond acceptors (Lipinski definition) is 3. The van der Waals surface area contributed by atoms with Crippen molar-refractivity contribution in [1.29, 1.82) is 0 Å². The van der Waals surface area contributed by atoms with Gasteiger partial charge in [-0.25, -0.2) is 0 Å². The number of likely N-dealkylation sites (tertiary alicyclic amines) is 1. The Morgan fingerprint density at radius 2 is 2.21 bits per heavy atom. The van der Waals surface area contributed by atoms with Gasteiger partial charge in [-0.1, -0.05) is 20.3 Å². The van der Waals surface area contributed by atoms with Gasteiger partial charge in [-0.05, 0) is 38.3 Å². The molecule has 4 nitrogen and oxygen atoms in total. The molecule has 4 heteroatoms. The van der Waals surface area contributed by atoms with Crippen LogP contribution in [0.25, 0.3) is 0 Å². The molecule has 2 N–H and O–H groups in total. The van der Waals surface area contributed by atoms with Gasteiger partial charge in [0.15, 0.2) is 0 Å². The van der Waals surface area contributed by atoms with Crippen molar-refractivity contribution in [1.82, 2.24) is 14.7 Å². The summed E-state index contributed by atoms with van der Waals surface area (Å²) in [7, 11) is 0. The minimum atomic E-state index is 0.225. The normalized spacial score (nSPS) is 25.7. The zero-order valence-electron chi connectivity index (χ0n) is 12.5. The molecule has 108 valence electrons. The van der Waals surface area contributed by atoms with Crippen LogP contribution in [0.4, 0.5) is 0 Å². The quantitative estimate of drug-likeness (QED) is 0.908. The number of hydrogen-bond donors (Lipinski definition) is 1. The molecule has 2 heterocycles. The van der Waals surface area contributed by atoms with Gasteiger partial charge in [0.2, 0.25) is 0 Å². The third-order valence-electron chi connectivity index (χ3n) is 3.98. The number of aromatic nitrogens is 2. The SMILES string of the molecule is CCn1nccc1C1C(N)CCCCN1CC(C)C. The van der Waals surface area contributed by atoms with Crippen molar-refractivity contribution in [3.05, 3.63) is 18.0 Å². The molecule has 0 aromatic carbocycles. The van der Waals surface area contributed by atoms with E-state index < -0.39 is 0 Å². The molecule has 0 radical (unpaired) electrons. The largest absolute Gasteiger partial charge is 0.326 e. The molecule has 0 saturated carbocycles. The van der Waals surface area contributed by atoms with E-state index in [9.17, 15) is 0 Å². The topological polar surface area (TPSA) is 47.1 Å². The van der Waals surface area contributed by atoms with Gasteiger partial charge in [0.1, 0.15) is 0 Å². The van der Waals surface area contributed by atoms with Gasteiger partial charge in [0, 0.05) is 25.3 Å². The predicted molar refractivity (Wildman–Crippen MR) is 78.9 cm³/mol. The highest BCUT2D eigenvalue weighted by molar-refractivity contribution is 5.11. The summed E-state index contributed by atoms with van der Waals surface area (Å²) in [5.41, 5.74) is 7.77. The predicted octanol–water partition coefficient (Wildman–Crippen LogP) is 2.41. The van der Waals surface area contributed by atoms with Gasteiger partial charge in [-0.2, -0.15) is 5.10 Å². The molecule has 19 heavy (non-hydrogen) atoms. The molecule has 1 aliphatic heterocycles. The lowest BCUT2D eigenvalue weighted by Crippen LogP contribution is -2.42. The van der Waals surface area contributed by atoms with E-state index in [0.717, 1.165) is 26.1 Å². The van der Waals surface area contributed by atoms with Crippen LogP contribution in [0.2, 0.25) is 0 Å². The molecule has 1 aliphatic rings. The average Bonchev–Trinajstić information content (AvgIpc) is 2.75. The monoisotopic (exact) mass is 264 g/mol. The van der Waals surface area contributed by atoms with E-state index in [1.165, 1.54) is 18.5 Å². The van der Waals surface area contributed by atoms with Gasteiger partial charge in [0.25, 0.3) is 0 Å². The van der Waals surface area contributed by atoms with Crippen molar-refractivity contribution in [3.8, 4) is 0 Å². The molecule has 0 bridgehead atoms. The summed E-state index contributed by atoms with van der Waals surface area (Å²) in [4.78, 5) is 2.57. The van der Waals surface area contributed by atoms with Gasteiger partial charge < -0.3 is 5.73 Å². The van der Waals surface area contributed by atoms with Crippen LogP contribution < -0.4 is 5.73 Å². The van der Waals surface area contributed by atoms with Crippen LogP contribution in [-0.2, 0) is 6.54 Å². The zero-order chi connectivity index (χ0) is 13.8. The van der Waals surface area contributed by atoms with Crippen molar-refractivity contribution in [2.75, 3.05) is 13.1 Å². The Hall–Kier alpha value is -0.870. The number of nitrogens with two attached hydrogens (primary N) is 1. The molecule has 2 unspecified atom stereocenters. The summed E-state index contributed by atoms with van der Waals surface area (Å²) in [5.74, 6) is 0.672. The first-order chi connectivity index (χ1) is 9.13. The first-order valence-electron chi connectivity index (χ1n) is 7.64. The first-order valence-corrected chi connectivity index (χ1v) is 7.64. The second kappa shape index (κ2) is 6.53. The Morgan fingerprint density at radius 3 is 2.89 bits per heavy atom. The second-order valence-electron chi connectivity index (χ2n) is 6.07. The van der Waals surface area contributed by atoms with Crippen LogP contribution >= 0.6 is 0 Å². The van der Waals surface area contributed by atoms with E-state index in [4.69, 9.17) is 5.73 Å². The molecule has 0 amide bonds. The highest BCUT2D eigenvalue weighted by Gasteiger charge is 2.31. The smallest absolute Gasteiger partial charge is 0.0670 e. The maximum Gasteiger partial charge on any atom is 0.0670 e. The summed E-state index contributed by atoms with van der Waals surface area (Å²) in [6.45, 7) is 9.90. The summed E-state index contributed by atoms with van der Waals surface area (Å²) in [5, 5.41) is 4.42. The first kappa shape index (κ1) is 14.5. The highest BCUT2D eigenvalue weighted by atomic mass is 15.3. The Labute approximate surface area is 117 Å². The minimum Gasteiger partial charge on any atom is -0.326 e. The van der Waals surface area contributed by atoms with Crippen LogP contribution in [0.15, 0.2) is 12.3 Å². The Bertz CT molecular complexity index is 385. The zero-order valence-corrected chi connectivity index (χ0v) is 12.5. The third-order valence-corrected chi connectivity index (χ3v) is 3.98. The summed E-state index contributed by atoms with van der Waals surface area (Å²) in [6, 6.07) is 2.70. The Morgan fingerprint density at radius 1 is 1.42 bits per heavy atom. The van der Waals surface area contributed by atoms with E-state index in [2.05, 4.69) is 41.5 Å². The fraction of sp³-hybridized carbons (Fsp3) is 0.800. The van der Waals surface area contributed by atoms with Crippen LogP contribution in [0, 0.1) is 5.92 Å². The van der Waals surface area contributed by atoms with Crippen molar-refractivity contribution < 1.29 is 0 Å². The van der Waals surface area contributed by atoms with Crippen LogP contribution in [0.1, 0.15) is 51.8 Å². The van der Waals surface area contributed by atoms with Crippen molar-refractivity contribution in [3.63, 3.8) is 0 Å². The summed E-state index contributed by atoms with van der Waals surface area (Å²) >= 11 is 0. The van der Waals surface area contributed by atoms with Crippen LogP contribution in [-0.4, -0.2) is 33.8 Å². The maximum atomic E-state index is 6.48. The van der Waals surface area contributed by atoms with Crippen LogP contribution in [0.5, 0.6) is 0 Å². The summed E-state index contributed by atoms with van der Waals surface area (Å²) in [6.07, 6.45) is 5.53. The van der Waals surface area contributed by atoms with Crippen molar-refractivity contribution in [2.24, 2.45) is 11.7 Å². The lowest BCUT2D eigenvalue weighted by Gasteiger charge is -2.34. The fourth-order valence-electron chi connectivity index (χ4n) is 3.20. The van der Waals surface area contributed by atoms with Gasteiger partial charge in [0.05, 0.1) is 11.7 Å². The lowest BCUT2D eigenvalue weighted by molar-refractivity contribution is 0.158. The fourth-order valence-corrected chi connectivity index (χ4v) is 3.20. The molecule has 1 saturated heterocycles. The third kappa shape index (κ3) is 3.37. The molecule has 2 atom stereocenters. The Kier molecular flexibility index (Phi) is 4.99. The van der Waals surface area contributed by atoms with E-state index in [1.807, 2.05) is 6.20 Å². The molecule has 2 rings (SSSR count). The van der Waals surface area contributed by atoms with E-state index >= 15 is 0 Å². The summed E-state index contributed by atoms with van der Waals surface area (Å²) < 4.78 is 2.10. The van der Waals surface area contributed by atoms with E-state index in [-0.39, 0.29) is 6.04 Å². The molecular formula is C15H28N4. The molecular weight excluding hydrogens is 236 g/mol. The molecule has 1 aromatic heterocycles. The van der Waals surface area contributed by atoms with Gasteiger partial charge in [-0.3, -0.25) is 9.58 Å². The standard InChI is InChI=1S/C15H28N4/c1-4-19-14(8-9-17-19)15-13(16)7-5-6-10-18(15)11-12(2)3/h8-9,12-13,15H,4-7,10-11,16H2,1-3H3. The minimum absolute atomic E-state index is 0.225. The average molecular weight is 264 g/mol. The highest BCUT2D eigenvalue weighted by Crippen LogP contribution is 2.30. The van der Waals surface area contributed by atoms with Gasteiger partial charge in [-0.15, -0.1) is 0 Å². The number of aryl methyl sites for hydroxylation is 1. The maximum absolute atomic E-state index is 6.48. The van der Waals surface area contributed by atoms with Crippen LogP contribution in [0.3, 0.4) is 0 Å². The Balaban J connectivity index is 2.28. The van der Waals surface area contributed by atoms with E-state index in [0.29, 0.717) is 12.0 Å². The molecule has 1 fully saturated rings. The van der Waals surface area contributed by atoms with Gasteiger partial charge >= 0.3 is 0 Å². The second-order valence-corrected chi connectivity index (χ2v) is 6.07. The number of rotatable bonds is 4.